The summed E-state index contributed by atoms with van der Waals surface area (Å²) in [5, 5.41) is 8.83. The van der Waals surface area contributed by atoms with Crippen molar-refractivity contribution in [1.82, 2.24) is 4.90 Å². The Morgan fingerprint density at radius 3 is 3.05 bits per heavy atom. The predicted octanol–water partition coefficient (Wildman–Crippen LogP) is 2.37. The molecular formula is C17H23NO2S. The summed E-state index contributed by atoms with van der Waals surface area (Å²) in [6, 6.07) is 6.83. The maximum atomic E-state index is 8.83. The van der Waals surface area contributed by atoms with Gasteiger partial charge in [-0.25, -0.2) is 0 Å². The van der Waals surface area contributed by atoms with E-state index in [4.69, 9.17) is 9.84 Å². The van der Waals surface area contributed by atoms with Crippen LogP contribution in [0.15, 0.2) is 18.2 Å². The molecule has 3 nitrogen and oxygen atoms in total. The molecule has 0 amide bonds. The Kier molecular flexibility index (Phi) is 6.44. The van der Waals surface area contributed by atoms with E-state index in [0.717, 1.165) is 24.4 Å². The number of nitrogens with zero attached hydrogens (tertiary/aromatic N) is 1. The van der Waals surface area contributed by atoms with Crippen molar-refractivity contribution in [3.63, 3.8) is 0 Å². The highest BCUT2D eigenvalue weighted by molar-refractivity contribution is 7.99. The summed E-state index contributed by atoms with van der Waals surface area (Å²) < 4.78 is 5.36. The smallest absolute Gasteiger partial charge is 0.134 e. The Hall–Kier alpha value is -1.15. The number of aliphatic hydroxyl groups is 1. The van der Waals surface area contributed by atoms with Gasteiger partial charge in [0.1, 0.15) is 5.75 Å². The van der Waals surface area contributed by atoms with Gasteiger partial charge in [-0.05, 0) is 24.6 Å². The molecule has 4 heteroatoms. The molecule has 1 saturated heterocycles. The molecule has 0 aromatic heterocycles. The minimum atomic E-state index is 0.0952. The first-order chi connectivity index (χ1) is 10.2. The lowest BCUT2D eigenvalue weighted by molar-refractivity contribution is 0.224. The average Bonchev–Trinajstić information content (AvgIpc) is 2.50. The molecule has 0 radical (unpaired) electrons. The van der Waals surface area contributed by atoms with E-state index in [1.807, 2.05) is 17.8 Å². The lowest BCUT2D eigenvalue weighted by atomic mass is 10.1. The normalized spacial score (nSPS) is 18.9. The van der Waals surface area contributed by atoms with Gasteiger partial charge in [0.25, 0.3) is 0 Å². The van der Waals surface area contributed by atoms with Gasteiger partial charge in [-0.2, -0.15) is 11.8 Å². The lowest BCUT2D eigenvalue weighted by Gasteiger charge is -2.33. The van der Waals surface area contributed by atoms with Crippen molar-refractivity contribution in [3.8, 4) is 17.6 Å². The highest BCUT2D eigenvalue weighted by Gasteiger charge is 2.18. The molecule has 1 heterocycles. The molecule has 1 fully saturated rings. The SMILES string of the molecule is COc1ccc(CN2CCSCC2C)cc1C#CCCO. The second-order valence-corrected chi connectivity index (χ2v) is 6.35. The fourth-order valence-electron chi connectivity index (χ4n) is 2.40. The quantitative estimate of drug-likeness (QED) is 0.866. The molecule has 1 unspecified atom stereocenters. The van der Waals surface area contributed by atoms with Gasteiger partial charge in [-0.3, -0.25) is 4.90 Å². The molecule has 1 aliphatic rings. The highest BCUT2D eigenvalue weighted by atomic mass is 32.2. The molecule has 2 rings (SSSR count). The first kappa shape index (κ1) is 16.2. The molecular weight excluding hydrogens is 282 g/mol. The Bertz CT molecular complexity index is 521. The van der Waals surface area contributed by atoms with Crippen molar-refractivity contribution in [3.05, 3.63) is 29.3 Å². The monoisotopic (exact) mass is 305 g/mol. The number of thioether (sulfide) groups is 1. The summed E-state index contributed by atoms with van der Waals surface area (Å²) in [5.74, 6) is 9.28. The molecule has 114 valence electrons. The second-order valence-electron chi connectivity index (χ2n) is 5.20. The fraction of sp³-hybridized carbons (Fsp3) is 0.529. The molecule has 1 aliphatic heterocycles. The summed E-state index contributed by atoms with van der Waals surface area (Å²) in [6.07, 6.45) is 0.494. The zero-order valence-corrected chi connectivity index (χ0v) is 13.6. The maximum absolute atomic E-state index is 8.83. The van der Waals surface area contributed by atoms with Gasteiger partial charge in [0, 0.05) is 37.1 Å². The number of rotatable bonds is 4. The van der Waals surface area contributed by atoms with Crippen LogP contribution < -0.4 is 4.74 Å². The van der Waals surface area contributed by atoms with Crippen molar-refractivity contribution in [2.45, 2.75) is 25.9 Å². The van der Waals surface area contributed by atoms with Gasteiger partial charge in [0.05, 0.1) is 19.3 Å². The Labute approximate surface area is 131 Å². The molecule has 1 atom stereocenters. The van der Waals surface area contributed by atoms with Gasteiger partial charge in [-0.15, -0.1) is 0 Å². The lowest BCUT2D eigenvalue weighted by Crippen LogP contribution is -2.39. The van der Waals surface area contributed by atoms with Crippen molar-refractivity contribution in [1.29, 1.82) is 0 Å². The number of benzene rings is 1. The Morgan fingerprint density at radius 1 is 1.48 bits per heavy atom. The Balaban J connectivity index is 2.13. The minimum absolute atomic E-state index is 0.0952. The zero-order chi connectivity index (χ0) is 15.1. The van der Waals surface area contributed by atoms with Crippen LogP contribution in [0.2, 0.25) is 0 Å². The molecule has 1 aromatic rings. The average molecular weight is 305 g/mol. The topological polar surface area (TPSA) is 32.7 Å². The summed E-state index contributed by atoms with van der Waals surface area (Å²) in [4.78, 5) is 2.52. The van der Waals surface area contributed by atoms with E-state index in [0.29, 0.717) is 12.5 Å². The third-order valence-corrected chi connectivity index (χ3v) is 4.80. The van der Waals surface area contributed by atoms with Gasteiger partial charge >= 0.3 is 0 Å². The highest BCUT2D eigenvalue weighted by Crippen LogP contribution is 2.22. The number of hydrogen-bond donors (Lipinski definition) is 1. The Morgan fingerprint density at radius 2 is 2.33 bits per heavy atom. The van der Waals surface area contributed by atoms with Gasteiger partial charge in [0.2, 0.25) is 0 Å². The largest absolute Gasteiger partial charge is 0.495 e. The van der Waals surface area contributed by atoms with Crippen LogP contribution in [0.3, 0.4) is 0 Å². The van der Waals surface area contributed by atoms with Crippen LogP contribution in [-0.4, -0.2) is 47.8 Å². The summed E-state index contributed by atoms with van der Waals surface area (Å²) in [6.45, 7) is 4.49. The summed E-state index contributed by atoms with van der Waals surface area (Å²) in [7, 11) is 1.66. The molecule has 0 spiro atoms. The van der Waals surface area contributed by atoms with Crippen LogP contribution >= 0.6 is 11.8 Å². The third kappa shape index (κ3) is 4.67. The summed E-state index contributed by atoms with van der Waals surface area (Å²) >= 11 is 2.03. The summed E-state index contributed by atoms with van der Waals surface area (Å²) in [5.41, 5.74) is 2.17. The minimum Gasteiger partial charge on any atom is -0.495 e. The number of aliphatic hydroxyl groups excluding tert-OH is 1. The molecule has 0 bridgehead atoms. The molecule has 1 aromatic carbocycles. The first-order valence-electron chi connectivity index (χ1n) is 7.33. The molecule has 0 saturated carbocycles. The van der Waals surface area contributed by atoms with Gasteiger partial charge in [-0.1, -0.05) is 17.9 Å². The van der Waals surface area contributed by atoms with Crippen LogP contribution in [0.25, 0.3) is 0 Å². The molecule has 1 N–H and O–H groups in total. The predicted molar refractivity (Wildman–Crippen MR) is 88.8 cm³/mol. The van der Waals surface area contributed by atoms with E-state index < -0.39 is 0 Å². The standard InChI is InChI=1S/C17H23NO2S/c1-14-13-21-10-8-18(14)12-15-6-7-17(20-2)16(11-15)5-3-4-9-19/h6-7,11,14,19H,4,8-10,12-13H2,1-2H3. The van der Waals surface area contributed by atoms with E-state index in [-0.39, 0.29) is 6.61 Å². The second kappa shape index (κ2) is 8.33. The number of ether oxygens (including phenoxy) is 1. The van der Waals surface area contributed by atoms with Crippen LogP contribution in [0.1, 0.15) is 24.5 Å². The maximum Gasteiger partial charge on any atom is 0.134 e. The van der Waals surface area contributed by atoms with Crippen LogP contribution in [-0.2, 0) is 6.54 Å². The van der Waals surface area contributed by atoms with Gasteiger partial charge < -0.3 is 9.84 Å². The van der Waals surface area contributed by atoms with E-state index >= 15 is 0 Å². The van der Waals surface area contributed by atoms with Gasteiger partial charge in [0.15, 0.2) is 0 Å². The van der Waals surface area contributed by atoms with E-state index in [1.54, 1.807) is 7.11 Å². The van der Waals surface area contributed by atoms with Crippen molar-refractivity contribution < 1.29 is 9.84 Å². The molecule has 21 heavy (non-hydrogen) atoms. The zero-order valence-electron chi connectivity index (χ0n) is 12.8. The first-order valence-corrected chi connectivity index (χ1v) is 8.48. The van der Waals surface area contributed by atoms with Crippen LogP contribution in [0.4, 0.5) is 0 Å². The number of hydrogen-bond acceptors (Lipinski definition) is 4. The van der Waals surface area contributed by atoms with Crippen LogP contribution in [0.5, 0.6) is 5.75 Å². The third-order valence-electron chi connectivity index (χ3n) is 3.61. The van der Waals surface area contributed by atoms with E-state index in [2.05, 4.69) is 35.8 Å². The van der Waals surface area contributed by atoms with E-state index in [1.165, 1.54) is 17.1 Å². The molecule has 0 aliphatic carbocycles. The number of methoxy groups -OCH3 is 1. The van der Waals surface area contributed by atoms with Crippen LogP contribution in [0, 0.1) is 11.8 Å². The van der Waals surface area contributed by atoms with Crippen molar-refractivity contribution in [2.24, 2.45) is 0 Å². The van der Waals surface area contributed by atoms with E-state index in [9.17, 15) is 0 Å². The fourth-order valence-corrected chi connectivity index (χ4v) is 3.48. The van der Waals surface area contributed by atoms with Crippen molar-refractivity contribution in [2.75, 3.05) is 31.8 Å². The van der Waals surface area contributed by atoms with Crippen molar-refractivity contribution >= 4 is 11.8 Å².